The molecule has 3 aromatic carbocycles. The largest absolute Gasteiger partial charge is 0.380 e. The standard InChI is InChI=1S/C33H32N6O4S/c40-30-28(35-11-13-38-14-16-43-17-15-38)29(31(30)41)39-12-8-21-5-6-23(19-27(21)39)37-33(42)32-26(9-18-44-32)36-20-22-7-10-34-25-4-2-1-3-24(22)25/h1-7,9-10,18-19,35-36H,8,11-17,20H2,(H,37,42). The number of carbonyl (C=O) groups is 1. The van der Waals surface area contributed by atoms with E-state index >= 15 is 0 Å². The van der Waals surface area contributed by atoms with Gasteiger partial charge in [-0.15, -0.1) is 11.3 Å². The summed E-state index contributed by atoms with van der Waals surface area (Å²) in [7, 11) is 0. The Morgan fingerprint density at radius 2 is 1.84 bits per heavy atom. The van der Waals surface area contributed by atoms with Crippen LogP contribution in [0.4, 0.5) is 28.4 Å². The molecule has 7 rings (SSSR count). The molecule has 5 aromatic rings. The van der Waals surface area contributed by atoms with E-state index in [-0.39, 0.29) is 5.91 Å². The Morgan fingerprint density at radius 3 is 2.73 bits per heavy atom. The normalized spacial score (nSPS) is 15.0. The van der Waals surface area contributed by atoms with Gasteiger partial charge >= 0.3 is 0 Å². The molecule has 0 unspecified atom stereocenters. The molecule has 2 aliphatic heterocycles. The maximum absolute atomic E-state index is 13.4. The lowest BCUT2D eigenvalue weighted by molar-refractivity contribution is 0.0398. The second-order valence-corrected chi connectivity index (χ2v) is 11.9. The monoisotopic (exact) mass is 608 g/mol. The van der Waals surface area contributed by atoms with Crippen molar-refractivity contribution in [3.63, 3.8) is 0 Å². The molecule has 224 valence electrons. The number of rotatable bonds is 10. The highest BCUT2D eigenvalue weighted by atomic mass is 32.1. The van der Waals surface area contributed by atoms with E-state index in [1.807, 2.05) is 64.9 Å². The third-order valence-corrected chi connectivity index (χ3v) is 9.22. The third-order valence-electron chi connectivity index (χ3n) is 8.31. The number of thiophene rings is 1. The highest BCUT2D eigenvalue weighted by Gasteiger charge is 2.31. The maximum Gasteiger partial charge on any atom is 0.267 e. The Morgan fingerprint density at radius 1 is 0.977 bits per heavy atom. The Balaban J connectivity index is 1.04. The van der Waals surface area contributed by atoms with E-state index in [9.17, 15) is 14.4 Å². The number of para-hydroxylation sites is 1. The van der Waals surface area contributed by atoms with Crippen molar-refractivity contribution in [3.8, 4) is 0 Å². The number of fused-ring (bicyclic) bond motifs is 2. The summed E-state index contributed by atoms with van der Waals surface area (Å²) in [6.07, 6.45) is 2.55. The highest BCUT2D eigenvalue weighted by Crippen LogP contribution is 2.38. The first kappa shape index (κ1) is 28.2. The highest BCUT2D eigenvalue weighted by molar-refractivity contribution is 7.12. The van der Waals surface area contributed by atoms with Crippen LogP contribution >= 0.6 is 11.3 Å². The smallest absolute Gasteiger partial charge is 0.267 e. The molecule has 11 heteroatoms. The molecule has 1 saturated heterocycles. The van der Waals surface area contributed by atoms with Crippen LogP contribution in [-0.4, -0.2) is 61.7 Å². The fraction of sp³-hybridized carbons (Fsp3) is 0.273. The number of nitrogens with one attached hydrogen (secondary N) is 3. The summed E-state index contributed by atoms with van der Waals surface area (Å²) in [5.41, 5.74) is 5.15. The van der Waals surface area contributed by atoms with Crippen molar-refractivity contribution >= 4 is 56.6 Å². The van der Waals surface area contributed by atoms with Gasteiger partial charge in [0.15, 0.2) is 0 Å². The van der Waals surface area contributed by atoms with E-state index in [2.05, 4.69) is 25.8 Å². The van der Waals surface area contributed by atoms with Crippen molar-refractivity contribution < 1.29 is 9.53 Å². The van der Waals surface area contributed by atoms with Crippen LogP contribution < -0.4 is 31.7 Å². The second-order valence-electron chi connectivity index (χ2n) is 11.0. The minimum absolute atomic E-state index is 0.217. The minimum atomic E-state index is -0.475. The fourth-order valence-corrected chi connectivity index (χ4v) is 6.73. The molecule has 4 heterocycles. The van der Waals surface area contributed by atoms with Crippen molar-refractivity contribution in [2.75, 3.05) is 66.8 Å². The number of pyridine rings is 1. The predicted octanol–water partition coefficient (Wildman–Crippen LogP) is 4.20. The van der Waals surface area contributed by atoms with Crippen LogP contribution in [0.2, 0.25) is 0 Å². The quantitative estimate of drug-likeness (QED) is 0.201. The molecule has 2 aromatic heterocycles. The van der Waals surface area contributed by atoms with Crippen LogP contribution in [0.5, 0.6) is 0 Å². The number of hydrogen-bond donors (Lipinski definition) is 3. The summed E-state index contributed by atoms with van der Waals surface area (Å²) in [6.45, 7) is 5.64. The molecule has 0 aliphatic carbocycles. The number of nitrogens with zero attached hydrogens (tertiary/aromatic N) is 3. The van der Waals surface area contributed by atoms with E-state index in [4.69, 9.17) is 4.74 Å². The molecule has 10 nitrogen and oxygen atoms in total. The van der Waals surface area contributed by atoms with Crippen LogP contribution in [0.3, 0.4) is 0 Å². The molecule has 44 heavy (non-hydrogen) atoms. The average molecular weight is 609 g/mol. The lowest BCUT2D eigenvalue weighted by Crippen LogP contribution is -2.43. The van der Waals surface area contributed by atoms with Crippen molar-refractivity contribution in [1.29, 1.82) is 0 Å². The van der Waals surface area contributed by atoms with Gasteiger partial charge in [0.2, 0.25) is 0 Å². The van der Waals surface area contributed by atoms with E-state index < -0.39 is 10.9 Å². The molecule has 1 fully saturated rings. The summed E-state index contributed by atoms with van der Waals surface area (Å²) in [6, 6.07) is 17.6. The van der Waals surface area contributed by atoms with Gasteiger partial charge in [-0.05, 0) is 53.3 Å². The third kappa shape index (κ3) is 5.45. The predicted molar refractivity (Wildman–Crippen MR) is 176 cm³/mol. The number of benzene rings is 2. The van der Waals surface area contributed by atoms with Crippen LogP contribution in [0.25, 0.3) is 10.9 Å². The molecule has 0 bridgehead atoms. The lowest BCUT2D eigenvalue weighted by atomic mass is 10.1. The Labute approximate surface area is 258 Å². The Bertz CT molecular complexity index is 1900. The SMILES string of the molecule is O=C(Nc1ccc2c(c1)N(c1c(NCCN3CCOCC3)c(=O)c1=O)CC2)c1sccc1NCc1ccnc2ccccc12. The molecule has 1 amide bonds. The number of ether oxygens (including phenoxy) is 1. The van der Waals surface area contributed by atoms with Gasteiger partial charge in [0, 0.05) is 62.2 Å². The first-order valence-corrected chi connectivity index (χ1v) is 15.7. The van der Waals surface area contributed by atoms with E-state index in [1.54, 1.807) is 6.20 Å². The topological polar surface area (TPSA) is 116 Å². The average Bonchev–Trinajstić information content (AvgIpc) is 3.70. The fourth-order valence-electron chi connectivity index (χ4n) is 5.97. The Hall–Kier alpha value is -4.58. The summed E-state index contributed by atoms with van der Waals surface area (Å²) < 4.78 is 5.40. The zero-order valence-electron chi connectivity index (χ0n) is 24.1. The van der Waals surface area contributed by atoms with Crippen molar-refractivity contribution in [2.24, 2.45) is 0 Å². The number of aromatic nitrogens is 1. The lowest BCUT2D eigenvalue weighted by Gasteiger charge is -2.28. The van der Waals surface area contributed by atoms with Gasteiger partial charge < -0.3 is 25.6 Å². The molecule has 3 N–H and O–H groups in total. The summed E-state index contributed by atoms with van der Waals surface area (Å²) in [5.74, 6) is -0.217. The summed E-state index contributed by atoms with van der Waals surface area (Å²) >= 11 is 1.37. The van der Waals surface area contributed by atoms with Crippen LogP contribution in [0, 0.1) is 0 Å². The van der Waals surface area contributed by atoms with Gasteiger partial charge in [-0.25, -0.2) is 0 Å². The maximum atomic E-state index is 13.4. The van der Waals surface area contributed by atoms with Crippen molar-refractivity contribution in [1.82, 2.24) is 9.88 Å². The summed E-state index contributed by atoms with van der Waals surface area (Å²) in [5, 5.41) is 12.6. The van der Waals surface area contributed by atoms with Crippen molar-refractivity contribution in [2.45, 2.75) is 13.0 Å². The first-order valence-electron chi connectivity index (χ1n) is 14.8. The molecule has 0 radical (unpaired) electrons. The van der Waals surface area contributed by atoms with Gasteiger partial charge in [-0.2, -0.15) is 0 Å². The number of morpholine rings is 1. The minimum Gasteiger partial charge on any atom is -0.380 e. The first-order chi connectivity index (χ1) is 21.6. The van der Waals surface area contributed by atoms with Crippen LogP contribution in [-0.2, 0) is 17.7 Å². The van der Waals surface area contributed by atoms with Gasteiger partial charge in [-0.3, -0.25) is 24.3 Å². The molecular formula is C33H32N6O4S. The molecule has 0 atom stereocenters. The van der Waals surface area contributed by atoms with E-state index in [0.717, 1.165) is 59.5 Å². The van der Waals surface area contributed by atoms with Gasteiger partial charge in [-0.1, -0.05) is 24.3 Å². The van der Waals surface area contributed by atoms with E-state index in [1.165, 1.54) is 11.3 Å². The van der Waals surface area contributed by atoms with Gasteiger partial charge in [0.05, 0.1) is 24.4 Å². The second kappa shape index (κ2) is 12.2. The number of anilines is 5. The van der Waals surface area contributed by atoms with Crippen LogP contribution in [0.1, 0.15) is 20.8 Å². The molecular weight excluding hydrogens is 576 g/mol. The molecule has 0 saturated carbocycles. The molecule has 2 aliphatic rings. The molecule has 0 spiro atoms. The number of amides is 1. The van der Waals surface area contributed by atoms with Gasteiger partial charge in [0.25, 0.3) is 16.8 Å². The number of hydrogen-bond acceptors (Lipinski definition) is 10. The zero-order chi connectivity index (χ0) is 30.0. The van der Waals surface area contributed by atoms with Gasteiger partial charge in [0.1, 0.15) is 16.3 Å². The number of carbonyl (C=O) groups excluding carboxylic acids is 1. The summed E-state index contributed by atoms with van der Waals surface area (Å²) in [4.78, 5) is 47.8. The van der Waals surface area contributed by atoms with Crippen molar-refractivity contribution in [3.05, 3.63) is 103 Å². The zero-order valence-corrected chi connectivity index (χ0v) is 24.9. The van der Waals surface area contributed by atoms with E-state index in [0.29, 0.717) is 54.8 Å². The Kier molecular flexibility index (Phi) is 7.82. The van der Waals surface area contributed by atoms with Crippen LogP contribution in [0.15, 0.2) is 75.8 Å².